The van der Waals surface area contributed by atoms with E-state index in [-0.39, 0.29) is 29.3 Å². The number of rotatable bonds is 3. The van der Waals surface area contributed by atoms with Gasteiger partial charge < -0.3 is 10.2 Å². The van der Waals surface area contributed by atoms with Gasteiger partial charge >= 0.3 is 0 Å². The average molecular weight is 380 g/mol. The van der Waals surface area contributed by atoms with Crippen molar-refractivity contribution in [2.75, 3.05) is 10.2 Å². The van der Waals surface area contributed by atoms with Gasteiger partial charge in [-0.3, -0.25) is 4.79 Å². The second kappa shape index (κ2) is 6.99. The standard InChI is InChI=1S/C21H18F2N4O/c1-12-10-17(20(28)27-13(2)11-14-6-3-4-9-18(14)27)25-21(24-12)26-19-15(22)7-5-8-16(19)23/h3-10,13H,11H2,1-2H3,(H,24,25,26). The number of hydrogen-bond acceptors (Lipinski definition) is 4. The fourth-order valence-electron chi connectivity index (χ4n) is 3.46. The number of aryl methyl sites for hydroxylation is 1. The molecule has 3 aromatic rings. The monoisotopic (exact) mass is 380 g/mol. The number of hydrogen-bond donors (Lipinski definition) is 1. The molecule has 1 aromatic heterocycles. The lowest BCUT2D eigenvalue weighted by atomic mass is 10.1. The highest BCUT2D eigenvalue weighted by atomic mass is 19.1. The van der Waals surface area contributed by atoms with Crippen molar-refractivity contribution in [3.8, 4) is 0 Å². The van der Waals surface area contributed by atoms with E-state index in [2.05, 4.69) is 15.3 Å². The Morgan fingerprint density at radius 3 is 2.57 bits per heavy atom. The van der Waals surface area contributed by atoms with Crippen molar-refractivity contribution < 1.29 is 13.6 Å². The van der Waals surface area contributed by atoms with E-state index in [4.69, 9.17) is 0 Å². The van der Waals surface area contributed by atoms with E-state index in [0.717, 1.165) is 29.8 Å². The Kier molecular flexibility index (Phi) is 4.50. The molecule has 2 aromatic carbocycles. The van der Waals surface area contributed by atoms with Crippen LogP contribution in [0.3, 0.4) is 0 Å². The van der Waals surface area contributed by atoms with Crippen LogP contribution >= 0.6 is 0 Å². The Hall–Kier alpha value is -3.35. The second-order valence-electron chi connectivity index (χ2n) is 6.80. The number of aromatic nitrogens is 2. The first-order valence-corrected chi connectivity index (χ1v) is 8.92. The van der Waals surface area contributed by atoms with Crippen molar-refractivity contribution in [3.63, 3.8) is 0 Å². The Bertz CT molecular complexity index is 1050. The predicted molar refractivity (Wildman–Crippen MR) is 103 cm³/mol. The second-order valence-corrected chi connectivity index (χ2v) is 6.80. The van der Waals surface area contributed by atoms with E-state index in [1.807, 2.05) is 31.2 Å². The summed E-state index contributed by atoms with van der Waals surface area (Å²) in [5.41, 5.74) is 2.27. The van der Waals surface area contributed by atoms with Gasteiger partial charge in [0.1, 0.15) is 23.0 Å². The van der Waals surface area contributed by atoms with Crippen LogP contribution in [-0.2, 0) is 6.42 Å². The van der Waals surface area contributed by atoms with E-state index in [1.165, 1.54) is 6.07 Å². The van der Waals surface area contributed by atoms with Gasteiger partial charge in [-0.2, -0.15) is 0 Å². The van der Waals surface area contributed by atoms with Crippen molar-refractivity contribution in [1.82, 2.24) is 9.97 Å². The molecule has 28 heavy (non-hydrogen) atoms. The zero-order chi connectivity index (χ0) is 19.8. The van der Waals surface area contributed by atoms with Gasteiger partial charge in [0.2, 0.25) is 5.95 Å². The molecule has 142 valence electrons. The summed E-state index contributed by atoms with van der Waals surface area (Å²) in [4.78, 5) is 23.2. The highest BCUT2D eigenvalue weighted by Gasteiger charge is 2.32. The average Bonchev–Trinajstić information content (AvgIpc) is 2.99. The molecule has 4 rings (SSSR count). The quantitative estimate of drug-likeness (QED) is 0.732. The zero-order valence-corrected chi connectivity index (χ0v) is 15.4. The maximum atomic E-state index is 13.9. The Labute approximate surface area is 161 Å². The molecule has 0 spiro atoms. The van der Waals surface area contributed by atoms with Crippen LogP contribution in [0.1, 0.15) is 28.7 Å². The normalized spacial score (nSPS) is 15.4. The molecule has 1 aliphatic heterocycles. The predicted octanol–water partition coefficient (Wildman–Crippen LogP) is 4.40. The number of halogens is 2. The third-order valence-electron chi connectivity index (χ3n) is 4.70. The molecular formula is C21H18F2N4O. The summed E-state index contributed by atoms with van der Waals surface area (Å²) in [6, 6.07) is 12.8. The lowest BCUT2D eigenvalue weighted by molar-refractivity contribution is 0.0976. The maximum Gasteiger partial charge on any atom is 0.277 e. The molecule has 5 nitrogen and oxygen atoms in total. The molecule has 7 heteroatoms. The van der Waals surface area contributed by atoms with Gasteiger partial charge in [-0.15, -0.1) is 0 Å². The van der Waals surface area contributed by atoms with Crippen molar-refractivity contribution in [2.24, 2.45) is 0 Å². The first kappa shape index (κ1) is 18.0. The van der Waals surface area contributed by atoms with Gasteiger partial charge in [0, 0.05) is 17.4 Å². The van der Waals surface area contributed by atoms with Gasteiger partial charge in [-0.25, -0.2) is 18.7 Å². The van der Waals surface area contributed by atoms with Gasteiger partial charge in [0.25, 0.3) is 5.91 Å². The number of benzene rings is 2. The maximum absolute atomic E-state index is 13.9. The van der Waals surface area contributed by atoms with Crippen LogP contribution in [0.5, 0.6) is 0 Å². The lowest BCUT2D eigenvalue weighted by Crippen LogP contribution is -2.36. The molecule has 0 radical (unpaired) electrons. The van der Waals surface area contributed by atoms with Gasteiger partial charge in [-0.05, 0) is 50.1 Å². The van der Waals surface area contributed by atoms with Gasteiger partial charge in [0.15, 0.2) is 0 Å². The van der Waals surface area contributed by atoms with Crippen LogP contribution in [0.15, 0.2) is 48.5 Å². The number of carbonyl (C=O) groups excluding carboxylic acids is 1. The Morgan fingerprint density at radius 2 is 1.82 bits per heavy atom. The van der Waals surface area contributed by atoms with Crippen LogP contribution in [0, 0.1) is 18.6 Å². The summed E-state index contributed by atoms with van der Waals surface area (Å²) in [5.74, 6) is -1.84. The summed E-state index contributed by atoms with van der Waals surface area (Å²) >= 11 is 0. The minimum atomic E-state index is -0.764. The summed E-state index contributed by atoms with van der Waals surface area (Å²) in [6.45, 7) is 3.67. The molecule has 1 atom stereocenters. The Balaban J connectivity index is 1.69. The van der Waals surface area contributed by atoms with Crippen LogP contribution in [0.4, 0.5) is 26.1 Å². The highest BCUT2D eigenvalue weighted by molar-refractivity contribution is 6.06. The minimum Gasteiger partial charge on any atom is -0.319 e. The number of amides is 1. The molecule has 1 aliphatic rings. The van der Waals surface area contributed by atoms with E-state index < -0.39 is 11.6 Å². The van der Waals surface area contributed by atoms with Gasteiger partial charge in [-0.1, -0.05) is 24.3 Å². The van der Waals surface area contributed by atoms with Crippen LogP contribution in [0.2, 0.25) is 0 Å². The molecule has 2 heterocycles. The molecule has 0 aliphatic carbocycles. The molecule has 0 bridgehead atoms. The first-order valence-electron chi connectivity index (χ1n) is 8.92. The lowest BCUT2D eigenvalue weighted by Gasteiger charge is -2.22. The van der Waals surface area contributed by atoms with E-state index in [1.54, 1.807) is 17.9 Å². The largest absolute Gasteiger partial charge is 0.319 e. The summed E-state index contributed by atoms with van der Waals surface area (Å²) < 4.78 is 27.8. The number of nitrogens with zero attached hydrogens (tertiary/aromatic N) is 3. The van der Waals surface area contributed by atoms with Crippen molar-refractivity contribution in [2.45, 2.75) is 26.3 Å². The third kappa shape index (κ3) is 3.19. The summed E-state index contributed by atoms with van der Waals surface area (Å²) in [5, 5.41) is 2.55. The van der Waals surface area contributed by atoms with Crippen LogP contribution < -0.4 is 10.2 Å². The SMILES string of the molecule is Cc1cc(C(=O)N2c3ccccc3CC2C)nc(Nc2c(F)cccc2F)n1. The zero-order valence-electron chi connectivity index (χ0n) is 15.4. The Morgan fingerprint density at radius 1 is 1.11 bits per heavy atom. The molecule has 1 amide bonds. The number of fused-ring (bicyclic) bond motifs is 1. The molecule has 1 N–H and O–H groups in total. The third-order valence-corrected chi connectivity index (χ3v) is 4.70. The summed E-state index contributed by atoms with van der Waals surface area (Å²) in [6.07, 6.45) is 0.761. The summed E-state index contributed by atoms with van der Waals surface area (Å²) in [7, 11) is 0. The molecule has 0 fully saturated rings. The number of nitrogens with one attached hydrogen (secondary N) is 1. The number of anilines is 3. The van der Waals surface area contributed by atoms with E-state index in [9.17, 15) is 13.6 Å². The fraction of sp³-hybridized carbons (Fsp3) is 0.190. The number of carbonyl (C=O) groups is 1. The van der Waals surface area contributed by atoms with Crippen molar-refractivity contribution >= 4 is 23.2 Å². The first-order chi connectivity index (χ1) is 13.4. The molecule has 0 saturated heterocycles. The minimum absolute atomic E-state index is 0.0133. The highest BCUT2D eigenvalue weighted by Crippen LogP contribution is 2.33. The van der Waals surface area contributed by atoms with E-state index in [0.29, 0.717) is 5.69 Å². The molecular weight excluding hydrogens is 362 g/mol. The van der Waals surface area contributed by atoms with Crippen molar-refractivity contribution in [3.05, 3.63) is 77.1 Å². The smallest absolute Gasteiger partial charge is 0.277 e. The van der Waals surface area contributed by atoms with Crippen LogP contribution in [0.25, 0.3) is 0 Å². The van der Waals surface area contributed by atoms with Gasteiger partial charge in [0.05, 0.1) is 0 Å². The number of para-hydroxylation sites is 2. The molecule has 1 unspecified atom stereocenters. The van der Waals surface area contributed by atoms with Crippen LogP contribution in [-0.4, -0.2) is 21.9 Å². The van der Waals surface area contributed by atoms with Crippen molar-refractivity contribution in [1.29, 1.82) is 0 Å². The topological polar surface area (TPSA) is 58.1 Å². The van der Waals surface area contributed by atoms with E-state index >= 15 is 0 Å². The fourth-order valence-corrected chi connectivity index (χ4v) is 3.46. The molecule has 0 saturated carbocycles.